The molecule has 0 amide bonds. The molecule has 3 aromatic carbocycles. The molecule has 0 spiro atoms. The van der Waals surface area contributed by atoms with Gasteiger partial charge in [0.2, 0.25) is 0 Å². The molecule has 5 rings (SSSR count). The highest BCUT2D eigenvalue weighted by molar-refractivity contribution is 7.92. The van der Waals surface area contributed by atoms with Crippen LogP contribution in [0.2, 0.25) is 0 Å². The SMILES string of the molecule is O=C(CS(=O)(=O)c1ccccc1)c1ccc(-c2ccc3c(c2)CC[C@H](CNC[C@H](O)c2cccnc2)O3)cc1. The smallest absolute Gasteiger partial charge is 0.185 e. The van der Waals surface area contributed by atoms with Gasteiger partial charge in [0.05, 0.1) is 11.0 Å². The van der Waals surface area contributed by atoms with Crippen molar-refractivity contribution in [1.82, 2.24) is 10.3 Å². The lowest BCUT2D eigenvalue weighted by Gasteiger charge is -2.27. The molecule has 1 aliphatic heterocycles. The number of benzene rings is 3. The van der Waals surface area contributed by atoms with Crippen LogP contribution < -0.4 is 10.1 Å². The number of sulfone groups is 1. The molecule has 39 heavy (non-hydrogen) atoms. The zero-order valence-electron chi connectivity index (χ0n) is 21.4. The van der Waals surface area contributed by atoms with E-state index in [0.29, 0.717) is 18.7 Å². The van der Waals surface area contributed by atoms with Gasteiger partial charge in [0.15, 0.2) is 15.6 Å². The van der Waals surface area contributed by atoms with Crippen molar-refractivity contribution in [3.05, 3.63) is 114 Å². The molecule has 0 radical (unpaired) electrons. The van der Waals surface area contributed by atoms with E-state index in [2.05, 4.69) is 16.4 Å². The summed E-state index contributed by atoms with van der Waals surface area (Å²) in [4.78, 5) is 16.9. The molecule has 0 fully saturated rings. The standard InChI is InChI=1S/C31H30N2O5S/c34-29(26-5-4-16-32-18-26)20-33-19-27-14-12-25-17-24(13-15-31(25)38-27)22-8-10-23(11-9-22)30(35)21-39(36,37)28-6-2-1-3-7-28/h1-11,13,15-18,27,29,33-34H,12,14,19-21H2/t27-,29+/m1/s1. The molecule has 0 saturated heterocycles. The van der Waals surface area contributed by atoms with Crippen LogP contribution in [0.4, 0.5) is 0 Å². The molecule has 200 valence electrons. The second-order valence-corrected chi connectivity index (χ2v) is 11.6. The van der Waals surface area contributed by atoms with Gasteiger partial charge in [-0.25, -0.2) is 8.42 Å². The van der Waals surface area contributed by atoms with Gasteiger partial charge in [0, 0.05) is 36.6 Å². The number of aryl methyl sites for hydroxylation is 1. The van der Waals surface area contributed by atoms with Crippen molar-refractivity contribution in [1.29, 1.82) is 0 Å². The Bertz CT molecular complexity index is 1520. The minimum atomic E-state index is -3.69. The summed E-state index contributed by atoms with van der Waals surface area (Å²) in [7, 11) is -3.69. The first kappa shape index (κ1) is 26.7. The van der Waals surface area contributed by atoms with Gasteiger partial charge in [-0.05, 0) is 59.9 Å². The number of Topliss-reactive ketones (excluding diaryl/α,β-unsaturated/α-hetero) is 1. The summed E-state index contributed by atoms with van der Waals surface area (Å²) in [6, 6.07) is 24.8. The van der Waals surface area contributed by atoms with Crippen LogP contribution in [-0.4, -0.2) is 49.2 Å². The quantitative estimate of drug-likeness (QED) is 0.286. The number of pyridine rings is 1. The number of aliphatic hydroxyl groups excluding tert-OH is 1. The Morgan fingerprint density at radius 2 is 1.77 bits per heavy atom. The van der Waals surface area contributed by atoms with Crippen LogP contribution in [0.25, 0.3) is 11.1 Å². The summed E-state index contributed by atoms with van der Waals surface area (Å²) >= 11 is 0. The maximum Gasteiger partial charge on any atom is 0.185 e. The average Bonchev–Trinajstić information content (AvgIpc) is 2.97. The third kappa shape index (κ3) is 6.60. The molecule has 1 aliphatic rings. The molecule has 0 saturated carbocycles. The van der Waals surface area contributed by atoms with Crippen molar-refractivity contribution in [2.24, 2.45) is 0 Å². The van der Waals surface area contributed by atoms with Crippen LogP contribution in [0.5, 0.6) is 5.75 Å². The number of ether oxygens (including phenoxy) is 1. The molecular formula is C31H30N2O5S. The second kappa shape index (κ2) is 11.9. The van der Waals surface area contributed by atoms with Gasteiger partial charge in [-0.3, -0.25) is 9.78 Å². The van der Waals surface area contributed by atoms with Crippen molar-refractivity contribution < 1.29 is 23.1 Å². The molecule has 2 heterocycles. The normalized spacial score (nSPS) is 15.7. The number of carbonyl (C=O) groups excluding carboxylic acids is 1. The summed E-state index contributed by atoms with van der Waals surface area (Å²) in [5.74, 6) is -0.148. The van der Waals surface area contributed by atoms with E-state index in [-0.39, 0.29) is 11.0 Å². The van der Waals surface area contributed by atoms with Gasteiger partial charge >= 0.3 is 0 Å². The fraction of sp³-hybridized carbons (Fsp3) is 0.226. The third-order valence-corrected chi connectivity index (χ3v) is 8.46. The van der Waals surface area contributed by atoms with Crippen molar-refractivity contribution in [3.63, 3.8) is 0 Å². The molecule has 2 N–H and O–H groups in total. The molecule has 1 aromatic heterocycles. The van der Waals surface area contributed by atoms with Gasteiger partial charge in [-0.2, -0.15) is 0 Å². The predicted octanol–water partition coefficient (Wildman–Crippen LogP) is 4.42. The monoisotopic (exact) mass is 542 g/mol. The Morgan fingerprint density at radius 1 is 1.00 bits per heavy atom. The van der Waals surface area contributed by atoms with Crippen molar-refractivity contribution in [2.75, 3.05) is 18.8 Å². The summed E-state index contributed by atoms with van der Waals surface area (Å²) in [6.07, 6.45) is 4.47. The van der Waals surface area contributed by atoms with Crippen molar-refractivity contribution >= 4 is 15.6 Å². The van der Waals surface area contributed by atoms with Crippen LogP contribution in [-0.2, 0) is 16.3 Å². The van der Waals surface area contributed by atoms with Gasteiger partial charge in [0.1, 0.15) is 17.6 Å². The Morgan fingerprint density at radius 3 is 2.51 bits per heavy atom. The van der Waals surface area contributed by atoms with Crippen LogP contribution in [0.3, 0.4) is 0 Å². The minimum absolute atomic E-state index is 0.0157. The molecule has 8 heteroatoms. The number of nitrogens with one attached hydrogen (secondary N) is 1. The van der Waals surface area contributed by atoms with Crippen molar-refractivity contribution in [3.8, 4) is 16.9 Å². The fourth-order valence-electron chi connectivity index (χ4n) is 4.66. The Hall–Kier alpha value is -3.85. The maximum absolute atomic E-state index is 12.7. The number of hydrogen-bond donors (Lipinski definition) is 2. The number of carbonyl (C=O) groups is 1. The van der Waals surface area contributed by atoms with Crippen LogP contribution >= 0.6 is 0 Å². The molecule has 0 unspecified atom stereocenters. The zero-order chi connectivity index (χ0) is 27.2. The molecule has 4 aromatic rings. The Kier molecular flexibility index (Phi) is 8.16. The van der Waals surface area contributed by atoms with Crippen LogP contribution in [0, 0.1) is 0 Å². The number of ketones is 1. The Balaban J connectivity index is 1.17. The van der Waals surface area contributed by atoms with E-state index in [4.69, 9.17) is 4.74 Å². The first-order valence-electron chi connectivity index (χ1n) is 12.9. The number of fused-ring (bicyclic) bond motifs is 1. The summed E-state index contributed by atoms with van der Waals surface area (Å²) < 4.78 is 31.3. The van der Waals surface area contributed by atoms with E-state index >= 15 is 0 Å². The maximum atomic E-state index is 12.7. The summed E-state index contributed by atoms with van der Waals surface area (Å²) in [6.45, 7) is 1.06. The van der Waals surface area contributed by atoms with E-state index in [9.17, 15) is 18.3 Å². The lowest BCUT2D eigenvalue weighted by Crippen LogP contribution is -2.36. The highest BCUT2D eigenvalue weighted by Crippen LogP contribution is 2.32. The first-order chi connectivity index (χ1) is 18.9. The first-order valence-corrected chi connectivity index (χ1v) is 14.5. The summed E-state index contributed by atoms with van der Waals surface area (Å²) in [5, 5.41) is 13.6. The molecule has 0 bridgehead atoms. The van der Waals surface area contributed by atoms with Gasteiger partial charge < -0.3 is 15.2 Å². The second-order valence-electron chi connectivity index (χ2n) is 9.63. The lowest BCUT2D eigenvalue weighted by molar-refractivity contribution is 0.102. The topological polar surface area (TPSA) is 106 Å². The number of nitrogens with zero attached hydrogens (tertiary/aromatic N) is 1. The zero-order valence-corrected chi connectivity index (χ0v) is 22.2. The lowest BCUT2D eigenvalue weighted by atomic mass is 9.96. The van der Waals surface area contributed by atoms with Crippen LogP contribution in [0.1, 0.15) is 34.0 Å². The fourth-order valence-corrected chi connectivity index (χ4v) is 5.91. The molecule has 7 nitrogen and oxygen atoms in total. The average molecular weight is 543 g/mol. The minimum Gasteiger partial charge on any atom is -0.489 e. The third-order valence-electron chi connectivity index (χ3n) is 6.83. The van der Waals surface area contributed by atoms with E-state index in [0.717, 1.165) is 40.8 Å². The van der Waals surface area contributed by atoms with Crippen LogP contribution in [0.15, 0.2) is 102 Å². The van der Waals surface area contributed by atoms with Gasteiger partial charge in [0.25, 0.3) is 0 Å². The largest absolute Gasteiger partial charge is 0.489 e. The molecule has 2 atom stereocenters. The van der Waals surface area contributed by atoms with E-state index < -0.39 is 27.5 Å². The highest BCUT2D eigenvalue weighted by Gasteiger charge is 2.22. The number of aromatic nitrogens is 1. The molecule has 0 aliphatic carbocycles. The van der Waals surface area contributed by atoms with E-state index in [1.165, 1.54) is 12.1 Å². The predicted molar refractivity (Wildman–Crippen MR) is 150 cm³/mol. The van der Waals surface area contributed by atoms with E-state index in [1.807, 2.05) is 36.4 Å². The summed E-state index contributed by atoms with van der Waals surface area (Å²) in [5.41, 5.74) is 4.21. The van der Waals surface area contributed by atoms with Crippen molar-refractivity contribution in [2.45, 2.75) is 29.9 Å². The number of aliphatic hydroxyl groups is 1. The van der Waals surface area contributed by atoms with E-state index in [1.54, 1.807) is 42.7 Å². The molecular weight excluding hydrogens is 512 g/mol. The van der Waals surface area contributed by atoms with Gasteiger partial charge in [-0.1, -0.05) is 54.6 Å². The number of hydrogen-bond acceptors (Lipinski definition) is 7. The Labute approximate surface area is 228 Å². The highest BCUT2D eigenvalue weighted by atomic mass is 32.2. The van der Waals surface area contributed by atoms with Gasteiger partial charge in [-0.15, -0.1) is 0 Å². The number of rotatable bonds is 10.